The first-order chi connectivity index (χ1) is 5.33. The number of thioether (sulfide) groups is 1. The number of hydrogen-bond donors (Lipinski definition) is 1. The Balaban J connectivity index is 1.81. The molecule has 0 unspecified atom stereocenters. The second kappa shape index (κ2) is 5.01. The molecule has 1 saturated carbocycles. The van der Waals surface area contributed by atoms with Crippen LogP contribution in [0.3, 0.4) is 0 Å². The molecule has 1 aliphatic rings. The average molecular weight is 175 g/mol. The third-order valence-corrected chi connectivity index (χ3v) is 2.78. The second-order valence-electron chi connectivity index (χ2n) is 2.92. The Morgan fingerprint density at radius 1 is 1.55 bits per heavy atom. The predicted octanol–water partition coefficient (Wildman–Crippen LogP) is 1.25. The Labute approximate surface area is 72.9 Å². The molecule has 0 bridgehead atoms. The van der Waals surface area contributed by atoms with E-state index in [9.17, 15) is 0 Å². The van der Waals surface area contributed by atoms with Gasteiger partial charge in [-0.25, -0.2) is 0 Å². The number of rotatable bonds is 5. The molecule has 0 heterocycles. The van der Waals surface area contributed by atoms with Crippen LogP contribution in [0.15, 0.2) is 0 Å². The van der Waals surface area contributed by atoms with Gasteiger partial charge in [0.25, 0.3) is 0 Å². The third-order valence-electron chi connectivity index (χ3n) is 1.92. The summed E-state index contributed by atoms with van der Waals surface area (Å²) in [6, 6.07) is 0.416. The van der Waals surface area contributed by atoms with Crippen LogP contribution in [0.2, 0.25) is 0 Å². The van der Waals surface area contributed by atoms with Crippen LogP contribution in [0.4, 0.5) is 0 Å². The van der Waals surface area contributed by atoms with Gasteiger partial charge >= 0.3 is 0 Å². The topological polar surface area (TPSA) is 35.2 Å². The zero-order valence-corrected chi connectivity index (χ0v) is 7.90. The van der Waals surface area contributed by atoms with E-state index in [1.54, 1.807) is 0 Å². The molecule has 0 atom stereocenters. The molecular weight excluding hydrogens is 158 g/mol. The monoisotopic (exact) mass is 175 g/mol. The molecule has 0 amide bonds. The first-order valence-corrected chi connectivity index (χ1v) is 5.43. The van der Waals surface area contributed by atoms with Gasteiger partial charge in [0.05, 0.1) is 12.7 Å². The van der Waals surface area contributed by atoms with Crippen LogP contribution in [-0.2, 0) is 4.74 Å². The Bertz CT molecular complexity index is 104. The lowest BCUT2D eigenvalue weighted by Gasteiger charge is -2.32. The maximum absolute atomic E-state index is 5.61. The number of hydrogen-bond acceptors (Lipinski definition) is 3. The third kappa shape index (κ3) is 3.45. The van der Waals surface area contributed by atoms with E-state index in [2.05, 4.69) is 6.92 Å². The van der Waals surface area contributed by atoms with E-state index < -0.39 is 0 Å². The van der Waals surface area contributed by atoms with Crippen molar-refractivity contribution in [3.8, 4) is 0 Å². The van der Waals surface area contributed by atoms with Crippen LogP contribution < -0.4 is 5.73 Å². The van der Waals surface area contributed by atoms with Gasteiger partial charge in [-0.15, -0.1) is 0 Å². The average Bonchev–Trinajstić information content (AvgIpc) is 1.94. The lowest BCUT2D eigenvalue weighted by molar-refractivity contribution is 0.000183. The molecule has 1 aliphatic carbocycles. The number of ether oxygens (including phenoxy) is 1. The molecule has 2 nitrogen and oxygen atoms in total. The lowest BCUT2D eigenvalue weighted by atomic mass is 9.90. The molecule has 0 radical (unpaired) electrons. The summed E-state index contributed by atoms with van der Waals surface area (Å²) >= 11 is 1.93. The molecule has 2 N–H and O–H groups in total. The lowest BCUT2D eigenvalue weighted by Crippen LogP contribution is -2.41. The maximum atomic E-state index is 5.61. The van der Waals surface area contributed by atoms with Gasteiger partial charge in [-0.1, -0.05) is 6.92 Å². The van der Waals surface area contributed by atoms with Crippen molar-refractivity contribution >= 4 is 11.8 Å². The van der Waals surface area contributed by atoms with Gasteiger partial charge in [-0.3, -0.25) is 0 Å². The minimum absolute atomic E-state index is 0.416. The largest absolute Gasteiger partial charge is 0.377 e. The zero-order chi connectivity index (χ0) is 8.10. The van der Waals surface area contributed by atoms with Crippen LogP contribution >= 0.6 is 11.8 Å². The van der Waals surface area contributed by atoms with Crippen LogP contribution in [0.5, 0.6) is 0 Å². The second-order valence-corrected chi connectivity index (χ2v) is 4.32. The maximum Gasteiger partial charge on any atom is 0.0605 e. The van der Waals surface area contributed by atoms with Crippen LogP contribution in [-0.4, -0.2) is 30.3 Å². The quantitative estimate of drug-likeness (QED) is 0.639. The normalized spacial score (nSPS) is 30.0. The Kier molecular flexibility index (Phi) is 4.26. The molecule has 11 heavy (non-hydrogen) atoms. The summed E-state index contributed by atoms with van der Waals surface area (Å²) in [5, 5.41) is 0. The minimum Gasteiger partial charge on any atom is -0.377 e. The highest BCUT2D eigenvalue weighted by Gasteiger charge is 2.25. The van der Waals surface area contributed by atoms with E-state index in [0.29, 0.717) is 12.1 Å². The van der Waals surface area contributed by atoms with Crippen molar-refractivity contribution in [2.75, 3.05) is 18.1 Å². The van der Waals surface area contributed by atoms with Gasteiger partial charge in [0.2, 0.25) is 0 Å². The molecular formula is C8H17NOS. The summed E-state index contributed by atoms with van der Waals surface area (Å²) in [7, 11) is 0. The van der Waals surface area contributed by atoms with Crippen molar-refractivity contribution in [3.05, 3.63) is 0 Å². The van der Waals surface area contributed by atoms with Crippen molar-refractivity contribution in [2.24, 2.45) is 5.73 Å². The van der Waals surface area contributed by atoms with Crippen LogP contribution in [0, 0.1) is 0 Å². The van der Waals surface area contributed by atoms with E-state index >= 15 is 0 Å². The SMILES string of the molecule is CCSCCOC1CC(N)C1. The van der Waals surface area contributed by atoms with E-state index in [1.807, 2.05) is 11.8 Å². The fourth-order valence-electron chi connectivity index (χ4n) is 1.16. The molecule has 1 fully saturated rings. The predicted molar refractivity (Wildman–Crippen MR) is 49.9 cm³/mol. The highest BCUT2D eigenvalue weighted by molar-refractivity contribution is 7.99. The molecule has 0 aromatic heterocycles. The molecule has 0 saturated heterocycles. The van der Waals surface area contributed by atoms with Gasteiger partial charge in [-0.05, 0) is 18.6 Å². The fraction of sp³-hybridized carbons (Fsp3) is 1.00. The van der Waals surface area contributed by atoms with Crippen LogP contribution in [0.25, 0.3) is 0 Å². The molecule has 66 valence electrons. The zero-order valence-electron chi connectivity index (χ0n) is 7.08. The molecule has 0 aliphatic heterocycles. The van der Waals surface area contributed by atoms with Crippen molar-refractivity contribution in [1.29, 1.82) is 0 Å². The number of nitrogens with two attached hydrogens (primary N) is 1. The summed E-state index contributed by atoms with van der Waals surface area (Å²) in [5.41, 5.74) is 5.61. The van der Waals surface area contributed by atoms with Gasteiger partial charge in [0.15, 0.2) is 0 Å². The fourth-order valence-corrected chi connectivity index (χ4v) is 1.66. The summed E-state index contributed by atoms with van der Waals surface area (Å²) in [5.74, 6) is 2.32. The minimum atomic E-state index is 0.416. The summed E-state index contributed by atoms with van der Waals surface area (Å²) in [6.45, 7) is 3.07. The van der Waals surface area contributed by atoms with Gasteiger partial charge in [0.1, 0.15) is 0 Å². The summed E-state index contributed by atoms with van der Waals surface area (Å²) in [4.78, 5) is 0. The van der Waals surface area contributed by atoms with Crippen molar-refractivity contribution in [2.45, 2.75) is 31.9 Å². The van der Waals surface area contributed by atoms with E-state index in [0.717, 1.165) is 25.2 Å². The van der Waals surface area contributed by atoms with Gasteiger partial charge in [-0.2, -0.15) is 11.8 Å². The van der Waals surface area contributed by atoms with Gasteiger partial charge in [0, 0.05) is 11.8 Å². The van der Waals surface area contributed by atoms with Crippen molar-refractivity contribution < 1.29 is 4.74 Å². The van der Waals surface area contributed by atoms with Crippen molar-refractivity contribution in [3.63, 3.8) is 0 Å². The van der Waals surface area contributed by atoms with E-state index in [4.69, 9.17) is 10.5 Å². The molecule has 0 aromatic carbocycles. The van der Waals surface area contributed by atoms with Crippen LogP contribution in [0.1, 0.15) is 19.8 Å². The highest BCUT2D eigenvalue weighted by Crippen LogP contribution is 2.21. The van der Waals surface area contributed by atoms with Crippen molar-refractivity contribution in [1.82, 2.24) is 0 Å². The van der Waals surface area contributed by atoms with Gasteiger partial charge < -0.3 is 10.5 Å². The summed E-state index contributed by atoms with van der Waals surface area (Å²) < 4.78 is 5.55. The summed E-state index contributed by atoms with van der Waals surface area (Å²) in [6.07, 6.45) is 2.61. The Hall–Kier alpha value is 0.270. The Morgan fingerprint density at radius 2 is 2.27 bits per heavy atom. The van der Waals surface area contributed by atoms with E-state index in [1.165, 1.54) is 5.75 Å². The molecule has 3 heteroatoms. The first kappa shape index (κ1) is 9.36. The Morgan fingerprint density at radius 3 is 2.82 bits per heavy atom. The smallest absolute Gasteiger partial charge is 0.0605 e. The first-order valence-electron chi connectivity index (χ1n) is 4.28. The molecule has 0 spiro atoms. The standard InChI is InChI=1S/C8H17NOS/c1-2-11-4-3-10-8-5-7(9)6-8/h7-8H,2-6,9H2,1H3. The molecule has 1 rings (SSSR count). The highest BCUT2D eigenvalue weighted by atomic mass is 32.2. The van der Waals surface area contributed by atoms with E-state index in [-0.39, 0.29) is 0 Å². The molecule has 0 aromatic rings.